The van der Waals surface area contributed by atoms with Gasteiger partial charge in [-0.15, -0.1) is 24.2 Å². The average Bonchev–Trinajstić information content (AvgIpc) is 2.67. The van der Waals surface area contributed by atoms with Crippen LogP contribution in [0.3, 0.4) is 0 Å². The lowest BCUT2D eigenvalue weighted by Gasteiger charge is -2.19. The van der Waals surface area contributed by atoms with Crippen molar-refractivity contribution in [2.45, 2.75) is 31.7 Å². The van der Waals surface area contributed by atoms with Crippen molar-refractivity contribution in [2.24, 2.45) is 11.7 Å². The zero-order valence-electron chi connectivity index (χ0n) is 8.66. The lowest BCUT2D eigenvalue weighted by molar-refractivity contribution is -0.121. The Morgan fingerprint density at radius 2 is 2.36 bits per heavy atom. The molecule has 0 radical (unpaired) electrons. The summed E-state index contributed by atoms with van der Waals surface area (Å²) in [5, 5.41) is 3.10. The molecule has 1 rings (SSSR count). The van der Waals surface area contributed by atoms with Gasteiger partial charge in [-0.3, -0.25) is 10.1 Å². The molecule has 1 unspecified atom stereocenters. The van der Waals surface area contributed by atoms with Crippen molar-refractivity contribution in [2.75, 3.05) is 12.3 Å². The Morgan fingerprint density at radius 3 is 2.79 bits per heavy atom. The second kappa shape index (κ2) is 6.67. The van der Waals surface area contributed by atoms with Gasteiger partial charge in [0, 0.05) is 12.3 Å². The van der Waals surface area contributed by atoms with Crippen molar-refractivity contribution in [3.8, 4) is 0 Å². The molecular weight excluding hydrogens is 220 g/mol. The molecule has 1 aliphatic rings. The zero-order valence-corrected chi connectivity index (χ0v) is 10.3. The Balaban J connectivity index is 0.00000169. The van der Waals surface area contributed by atoms with Crippen LogP contribution in [0.15, 0.2) is 0 Å². The molecule has 0 aromatic heterocycles. The minimum atomic E-state index is -0.298. The first kappa shape index (κ1) is 14.2. The molecule has 1 heterocycles. The largest absolute Gasteiger partial charge is 0.321 e. The number of carbonyl (C=O) groups is 1. The summed E-state index contributed by atoms with van der Waals surface area (Å²) in [6.07, 6.45) is 0.963. The van der Waals surface area contributed by atoms with Gasteiger partial charge in [0.05, 0.1) is 6.04 Å². The molecule has 0 spiro atoms. The van der Waals surface area contributed by atoms with Gasteiger partial charge in [-0.25, -0.2) is 0 Å². The quantitative estimate of drug-likeness (QED) is 0.768. The van der Waals surface area contributed by atoms with Crippen LogP contribution < -0.4 is 11.1 Å². The predicted octanol–water partition coefficient (Wildman–Crippen LogP) is 1.01. The van der Waals surface area contributed by atoms with Crippen LogP contribution >= 0.6 is 24.2 Å². The van der Waals surface area contributed by atoms with Gasteiger partial charge in [0.1, 0.15) is 5.37 Å². The maximum Gasteiger partial charge on any atom is 0.176 e. The molecule has 3 nitrogen and oxygen atoms in total. The summed E-state index contributed by atoms with van der Waals surface area (Å²) < 4.78 is 0. The van der Waals surface area contributed by atoms with Gasteiger partial charge in [0.25, 0.3) is 0 Å². The fourth-order valence-electron chi connectivity index (χ4n) is 1.32. The molecule has 3 atom stereocenters. The molecule has 1 aliphatic heterocycles. The number of Topliss-reactive ketones (excluding diaryl/α,β-unsaturated/α-hetero) is 1. The smallest absolute Gasteiger partial charge is 0.176 e. The lowest BCUT2D eigenvalue weighted by atomic mass is 9.96. The number of nitrogens with two attached hydrogens (primary N) is 1. The van der Waals surface area contributed by atoms with Crippen molar-refractivity contribution >= 4 is 30.0 Å². The number of thioether (sulfide) groups is 1. The van der Waals surface area contributed by atoms with Crippen molar-refractivity contribution in [3.05, 3.63) is 0 Å². The third kappa shape index (κ3) is 3.42. The number of rotatable bonds is 4. The molecule has 0 aromatic rings. The number of halogens is 1. The van der Waals surface area contributed by atoms with Crippen LogP contribution in [0.4, 0.5) is 0 Å². The van der Waals surface area contributed by atoms with Crippen LogP contribution in [0.2, 0.25) is 0 Å². The Kier molecular flexibility index (Phi) is 6.78. The van der Waals surface area contributed by atoms with E-state index < -0.39 is 0 Å². The van der Waals surface area contributed by atoms with E-state index in [2.05, 4.69) is 12.2 Å². The van der Waals surface area contributed by atoms with E-state index in [9.17, 15) is 4.79 Å². The fourth-order valence-corrected chi connectivity index (χ4v) is 2.35. The second-order valence-electron chi connectivity index (χ2n) is 3.52. The van der Waals surface area contributed by atoms with E-state index in [1.165, 1.54) is 0 Å². The molecule has 14 heavy (non-hydrogen) atoms. The number of carbonyl (C=O) groups excluding carboxylic acids is 1. The first-order chi connectivity index (χ1) is 6.16. The molecule has 3 N–H and O–H groups in total. The predicted molar refractivity (Wildman–Crippen MR) is 63.9 cm³/mol. The number of ketones is 1. The SMILES string of the molecule is CC[C@@H](C)[C@H](N)C(=O)C1NCCS1.Cl. The molecule has 1 saturated heterocycles. The van der Waals surface area contributed by atoms with Gasteiger partial charge in [0.2, 0.25) is 0 Å². The first-order valence-corrected chi connectivity index (χ1v) is 5.86. The monoisotopic (exact) mass is 238 g/mol. The summed E-state index contributed by atoms with van der Waals surface area (Å²) in [6, 6.07) is -0.298. The van der Waals surface area contributed by atoms with E-state index in [0.717, 1.165) is 18.7 Å². The first-order valence-electron chi connectivity index (χ1n) is 4.81. The van der Waals surface area contributed by atoms with Crippen LogP contribution in [0.25, 0.3) is 0 Å². The Morgan fingerprint density at radius 1 is 1.71 bits per heavy atom. The minimum Gasteiger partial charge on any atom is -0.321 e. The highest BCUT2D eigenvalue weighted by Crippen LogP contribution is 2.18. The molecule has 1 fully saturated rings. The van der Waals surface area contributed by atoms with E-state index in [0.29, 0.717) is 0 Å². The zero-order chi connectivity index (χ0) is 9.84. The van der Waals surface area contributed by atoms with Gasteiger partial charge in [-0.1, -0.05) is 20.3 Å². The second-order valence-corrected chi connectivity index (χ2v) is 4.73. The highest BCUT2D eigenvalue weighted by molar-refractivity contribution is 8.00. The summed E-state index contributed by atoms with van der Waals surface area (Å²) in [5.41, 5.74) is 5.85. The molecule has 0 amide bonds. The molecule has 0 aromatic carbocycles. The van der Waals surface area contributed by atoms with Gasteiger partial charge < -0.3 is 5.73 Å². The molecule has 0 saturated carbocycles. The van der Waals surface area contributed by atoms with Gasteiger partial charge in [0.15, 0.2) is 5.78 Å². The number of hydrogen-bond donors (Lipinski definition) is 2. The normalized spacial score (nSPS) is 25.2. The van der Waals surface area contributed by atoms with Crippen LogP contribution in [0.5, 0.6) is 0 Å². The molecule has 84 valence electrons. The summed E-state index contributed by atoms with van der Waals surface area (Å²) in [5.74, 6) is 1.47. The van der Waals surface area contributed by atoms with Gasteiger partial charge in [-0.05, 0) is 5.92 Å². The van der Waals surface area contributed by atoms with Crippen molar-refractivity contribution in [1.82, 2.24) is 5.32 Å². The Labute approximate surface area is 96.0 Å². The van der Waals surface area contributed by atoms with Crippen LogP contribution in [-0.2, 0) is 4.79 Å². The van der Waals surface area contributed by atoms with Gasteiger partial charge >= 0.3 is 0 Å². The lowest BCUT2D eigenvalue weighted by Crippen LogP contribution is -2.45. The molecular formula is C9H19ClN2OS. The van der Waals surface area contributed by atoms with Crippen molar-refractivity contribution < 1.29 is 4.79 Å². The van der Waals surface area contributed by atoms with Crippen molar-refractivity contribution in [1.29, 1.82) is 0 Å². The third-order valence-corrected chi connectivity index (χ3v) is 3.73. The fraction of sp³-hybridized carbons (Fsp3) is 0.889. The van der Waals surface area contributed by atoms with Crippen molar-refractivity contribution in [3.63, 3.8) is 0 Å². The van der Waals surface area contributed by atoms with Crippen LogP contribution in [0.1, 0.15) is 20.3 Å². The molecule has 5 heteroatoms. The highest BCUT2D eigenvalue weighted by atomic mass is 35.5. The van der Waals surface area contributed by atoms with Crippen LogP contribution in [0, 0.1) is 5.92 Å². The maximum atomic E-state index is 11.7. The Hall–Kier alpha value is 0.230. The van der Waals surface area contributed by atoms with E-state index in [4.69, 9.17) is 5.73 Å². The Bertz CT molecular complexity index is 186. The van der Waals surface area contributed by atoms with Crippen LogP contribution in [-0.4, -0.2) is 29.5 Å². The summed E-state index contributed by atoms with van der Waals surface area (Å²) in [7, 11) is 0. The average molecular weight is 239 g/mol. The topological polar surface area (TPSA) is 55.1 Å². The standard InChI is InChI=1S/C9H18N2OS.ClH/c1-3-6(2)7(10)8(12)9-11-4-5-13-9;/h6-7,9,11H,3-5,10H2,1-2H3;1H/t6-,7+,9?;/m1./s1. The maximum absolute atomic E-state index is 11.7. The van der Waals surface area contributed by atoms with Gasteiger partial charge in [-0.2, -0.15) is 0 Å². The molecule has 0 aliphatic carbocycles. The highest BCUT2D eigenvalue weighted by Gasteiger charge is 2.29. The van der Waals surface area contributed by atoms with E-state index in [1.54, 1.807) is 11.8 Å². The summed E-state index contributed by atoms with van der Waals surface area (Å²) >= 11 is 1.67. The van der Waals surface area contributed by atoms with E-state index in [1.807, 2.05) is 6.92 Å². The number of nitrogens with one attached hydrogen (secondary N) is 1. The number of hydrogen-bond acceptors (Lipinski definition) is 4. The summed E-state index contributed by atoms with van der Waals surface area (Å²) in [4.78, 5) is 11.7. The molecule has 0 bridgehead atoms. The third-order valence-electron chi connectivity index (χ3n) is 2.56. The van der Waals surface area contributed by atoms with E-state index in [-0.39, 0.29) is 35.5 Å². The van der Waals surface area contributed by atoms with E-state index >= 15 is 0 Å². The summed E-state index contributed by atoms with van der Waals surface area (Å²) in [6.45, 7) is 5.02. The minimum absolute atomic E-state index is 0.